The number of nitriles is 1. The molecule has 1 heterocycles. The zero-order valence-corrected chi connectivity index (χ0v) is 19.3. The van der Waals surface area contributed by atoms with Crippen molar-refractivity contribution in [1.82, 2.24) is 9.55 Å². The number of benzene rings is 4. The Morgan fingerprint density at radius 1 is 0.917 bits per heavy atom. The molecule has 0 fully saturated rings. The Balaban J connectivity index is 1.47. The second-order valence-electron chi connectivity index (χ2n) is 8.26. The van der Waals surface area contributed by atoms with Crippen LogP contribution in [0.2, 0.25) is 0 Å². The van der Waals surface area contributed by atoms with Gasteiger partial charge in [0.15, 0.2) is 11.5 Å². The largest absolute Gasteiger partial charge is 0.504 e. The number of aromatic hydroxyl groups is 1. The third-order valence-corrected chi connectivity index (χ3v) is 5.87. The summed E-state index contributed by atoms with van der Waals surface area (Å²) in [6.45, 7) is 0.560. The molecule has 0 aliphatic heterocycles. The van der Waals surface area contributed by atoms with Gasteiger partial charge in [0.05, 0.1) is 22.7 Å². The van der Waals surface area contributed by atoms with Gasteiger partial charge in [0.2, 0.25) is 0 Å². The normalized spacial score (nSPS) is 11.1. The highest BCUT2D eigenvalue weighted by atomic mass is 19.1. The molecule has 1 aromatic heterocycles. The van der Waals surface area contributed by atoms with Crippen molar-refractivity contribution in [2.45, 2.75) is 13.2 Å². The fourth-order valence-corrected chi connectivity index (χ4v) is 4.02. The van der Waals surface area contributed by atoms with Crippen LogP contribution in [0.3, 0.4) is 0 Å². The monoisotopic (exact) mass is 475 g/mol. The Morgan fingerprint density at radius 3 is 2.50 bits per heavy atom. The van der Waals surface area contributed by atoms with Crippen molar-refractivity contribution in [2.24, 2.45) is 0 Å². The van der Waals surface area contributed by atoms with Crippen LogP contribution in [0.1, 0.15) is 28.1 Å². The van der Waals surface area contributed by atoms with Crippen molar-refractivity contribution >= 4 is 23.2 Å². The molecule has 5 nitrogen and oxygen atoms in total. The maximum atomic E-state index is 14.0. The Hall–Kier alpha value is -4.89. The van der Waals surface area contributed by atoms with E-state index >= 15 is 0 Å². The number of aromatic nitrogens is 2. The van der Waals surface area contributed by atoms with Gasteiger partial charge in [0, 0.05) is 17.7 Å². The smallest absolute Gasteiger partial charge is 0.168 e. The lowest BCUT2D eigenvalue weighted by molar-refractivity contribution is 0.283. The lowest BCUT2D eigenvalue weighted by atomic mass is 10.1. The van der Waals surface area contributed by atoms with Crippen LogP contribution in [0.4, 0.5) is 4.39 Å². The van der Waals surface area contributed by atoms with E-state index in [0.29, 0.717) is 23.2 Å². The quantitative estimate of drug-likeness (QED) is 0.290. The predicted octanol–water partition coefficient (Wildman–Crippen LogP) is 6.55. The second kappa shape index (κ2) is 10.2. The number of imidazole rings is 1. The zero-order valence-electron chi connectivity index (χ0n) is 19.3. The molecular weight excluding hydrogens is 453 g/mol. The van der Waals surface area contributed by atoms with Gasteiger partial charge in [-0.3, -0.25) is 0 Å². The molecule has 5 rings (SSSR count). The van der Waals surface area contributed by atoms with Crippen LogP contribution in [0, 0.1) is 17.1 Å². The summed E-state index contributed by atoms with van der Waals surface area (Å²) < 4.78 is 22.0. The summed E-state index contributed by atoms with van der Waals surface area (Å²) in [7, 11) is 0. The van der Waals surface area contributed by atoms with E-state index in [9.17, 15) is 9.50 Å². The van der Waals surface area contributed by atoms with Crippen LogP contribution in [-0.4, -0.2) is 14.7 Å². The lowest BCUT2D eigenvalue weighted by Gasteiger charge is -2.12. The molecule has 0 atom stereocenters. The molecule has 5 aromatic rings. The van der Waals surface area contributed by atoms with E-state index in [0.717, 1.165) is 22.4 Å². The molecule has 4 aromatic carbocycles. The molecule has 0 radical (unpaired) electrons. The lowest BCUT2D eigenvalue weighted by Crippen LogP contribution is -2.02. The number of halogens is 1. The number of hydrogen-bond donors (Lipinski definition) is 1. The molecule has 0 aliphatic carbocycles. The maximum Gasteiger partial charge on any atom is 0.168 e. The second-order valence-corrected chi connectivity index (χ2v) is 8.26. The number of fused-ring (bicyclic) bond motifs is 1. The molecular formula is C30H22FN3O2. The van der Waals surface area contributed by atoms with Crippen molar-refractivity contribution in [3.05, 3.63) is 125 Å². The molecule has 36 heavy (non-hydrogen) atoms. The SMILES string of the molecule is N#Cc1ccc(Cn2c(/C=C/c3cccc(O)c3OCc3ccccc3F)nc3ccccc32)cc1. The van der Waals surface area contributed by atoms with Gasteiger partial charge in [-0.1, -0.05) is 54.6 Å². The number of nitrogens with zero attached hydrogens (tertiary/aromatic N) is 3. The van der Waals surface area contributed by atoms with E-state index in [1.807, 2.05) is 54.6 Å². The van der Waals surface area contributed by atoms with Crippen LogP contribution >= 0.6 is 0 Å². The van der Waals surface area contributed by atoms with Crippen molar-refractivity contribution in [3.8, 4) is 17.6 Å². The van der Waals surface area contributed by atoms with E-state index in [4.69, 9.17) is 15.0 Å². The van der Waals surface area contributed by atoms with Crippen LogP contribution < -0.4 is 4.74 Å². The van der Waals surface area contributed by atoms with Gasteiger partial charge in [-0.2, -0.15) is 5.26 Å². The van der Waals surface area contributed by atoms with Gasteiger partial charge in [-0.05, 0) is 54.1 Å². The van der Waals surface area contributed by atoms with Gasteiger partial charge in [-0.25, -0.2) is 9.37 Å². The van der Waals surface area contributed by atoms with Crippen molar-refractivity contribution < 1.29 is 14.2 Å². The molecule has 0 amide bonds. The third kappa shape index (κ3) is 4.82. The number of hydrogen-bond acceptors (Lipinski definition) is 4. The maximum absolute atomic E-state index is 14.0. The zero-order chi connectivity index (χ0) is 24.9. The van der Waals surface area contributed by atoms with E-state index in [2.05, 4.69) is 10.6 Å². The van der Waals surface area contributed by atoms with Gasteiger partial charge in [0.1, 0.15) is 18.2 Å². The molecule has 1 N–H and O–H groups in total. The molecule has 0 saturated heterocycles. The molecule has 0 aliphatic rings. The van der Waals surface area contributed by atoms with Crippen molar-refractivity contribution in [1.29, 1.82) is 5.26 Å². The first-order chi connectivity index (χ1) is 17.6. The summed E-state index contributed by atoms with van der Waals surface area (Å²) in [5, 5.41) is 19.5. The van der Waals surface area contributed by atoms with Gasteiger partial charge in [-0.15, -0.1) is 0 Å². The Labute approximate surface area is 208 Å². The standard InChI is InChI=1S/C30H22FN3O2/c31-25-8-2-1-6-24(25)20-36-30-23(7-5-11-28(30)35)16-17-29-33-26-9-3-4-10-27(26)34(29)19-22-14-12-21(18-32)13-15-22/h1-17,35H,19-20H2/b17-16+. The van der Waals surface area contributed by atoms with E-state index in [-0.39, 0.29) is 23.9 Å². The van der Waals surface area contributed by atoms with E-state index in [1.165, 1.54) is 12.1 Å². The summed E-state index contributed by atoms with van der Waals surface area (Å²) in [5.74, 6) is 0.608. The van der Waals surface area contributed by atoms with Crippen molar-refractivity contribution in [2.75, 3.05) is 0 Å². The minimum absolute atomic E-state index is 0.0116. The highest BCUT2D eigenvalue weighted by Gasteiger charge is 2.12. The number of rotatable bonds is 7. The van der Waals surface area contributed by atoms with Gasteiger partial charge >= 0.3 is 0 Å². The van der Waals surface area contributed by atoms with E-state index in [1.54, 1.807) is 36.4 Å². The Kier molecular flexibility index (Phi) is 6.46. The van der Waals surface area contributed by atoms with Crippen LogP contribution in [0.5, 0.6) is 11.5 Å². The number of phenolic OH excluding ortho intramolecular Hbond substituents is 1. The summed E-state index contributed by atoms with van der Waals surface area (Å²) >= 11 is 0. The predicted molar refractivity (Wildman–Crippen MR) is 138 cm³/mol. The average Bonchev–Trinajstić information content (AvgIpc) is 3.25. The summed E-state index contributed by atoms with van der Waals surface area (Å²) in [4.78, 5) is 4.79. The summed E-state index contributed by atoms with van der Waals surface area (Å²) in [6, 6.07) is 29.0. The fraction of sp³-hybridized carbons (Fsp3) is 0.0667. The molecule has 0 unspecified atom stereocenters. The Morgan fingerprint density at radius 2 is 1.69 bits per heavy atom. The number of ether oxygens (including phenoxy) is 1. The fourth-order valence-electron chi connectivity index (χ4n) is 4.02. The van der Waals surface area contributed by atoms with E-state index < -0.39 is 0 Å². The first-order valence-corrected chi connectivity index (χ1v) is 11.4. The number of phenols is 1. The minimum atomic E-state index is -0.360. The van der Waals surface area contributed by atoms with Crippen LogP contribution in [-0.2, 0) is 13.2 Å². The van der Waals surface area contributed by atoms with Gasteiger partial charge in [0.25, 0.3) is 0 Å². The molecule has 6 heteroatoms. The topological polar surface area (TPSA) is 71.1 Å². The Bertz CT molecular complexity index is 1600. The minimum Gasteiger partial charge on any atom is -0.504 e. The number of para-hydroxylation sites is 3. The summed E-state index contributed by atoms with van der Waals surface area (Å²) in [6.07, 6.45) is 3.70. The molecule has 0 spiro atoms. The highest BCUT2D eigenvalue weighted by Crippen LogP contribution is 2.32. The van der Waals surface area contributed by atoms with Crippen LogP contribution in [0.25, 0.3) is 23.2 Å². The third-order valence-electron chi connectivity index (χ3n) is 5.87. The first kappa shape index (κ1) is 22.9. The summed E-state index contributed by atoms with van der Waals surface area (Å²) in [5.41, 5.74) is 4.54. The molecule has 176 valence electrons. The average molecular weight is 476 g/mol. The van der Waals surface area contributed by atoms with Crippen LogP contribution in [0.15, 0.2) is 91.0 Å². The molecule has 0 bridgehead atoms. The highest BCUT2D eigenvalue weighted by molar-refractivity contribution is 5.81. The molecule has 0 saturated carbocycles. The first-order valence-electron chi connectivity index (χ1n) is 11.4. The van der Waals surface area contributed by atoms with Crippen molar-refractivity contribution in [3.63, 3.8) is 0 Å². The van der Waals surface area contributed by atoms with Gasteiger partial charge < -0.3 is 14.4 Å².